The van der Waals surface area contributed by atoms with Gasteiger partial charge in [-0.1, -0.05) is 59.9 Å². The summed E-state index contributed by atoms with van der Waals surface area (Å²) in [5, 5.41) is 3.55. The van der Waals surface area contributed by atoms with E-state index in [1.54, 1.807) is 0 Å². The molecule has 0 bridgehead atoms. The minimum absolute atomic E-state index is 0.108. The van der Waals surface area contributed by atoms with Crippen LogP contribution in [0, 0.1) is 6.92 Å². The zero-order chi connectivity index (χ0) is 21.1. The number of amides is 1. The molecule has 1 N–H and O–H groups in total. The van der Waals surface area contributed by atoms with Crippen LogP contribution in [0.3, 0.4) is 0 Å². The first-order chi connectivity index (χ1) is 14.5. The van der Waals surface area contributed by atoms with Crippen molar-refractivity contribution in [2.75, 3.05) is 17.3 Å². The number of benzene rings is 2. The van der Waals surface area contributed by atoms with Crippen LogP contribution >= 0.6 is 11.3 Å². The number of anilines is 2. The monoisotopic (exact) mass is 419 g/mol. The average Bonchev–Trinajstić information content (AvgIpc) is 3.18. The van der Waals surface area contributed by atoms with Gasteiger partial charge in [0.1, 0.15) is 17.6 Å². The Hall–Kier alpha value is -3.52. The van der Waals surface area contributed by atoms with E-state index in [4.69, 9.17) is 0 Å². The molecule has 0 unspecified atom stereocenters. The first kappa shape index (κ1) is 19.8. The molecule has 4 rings (SSSR count). The van der Waals surface area contributed by atoms with E-state index in [-0.39, 0.29) is 18.0 Å². The van der Waals surface area contributed by atoms with Crippen molar-refractivity contribution >= 4 is 38.4 Å². The molecule has 8 heteroatoms. The largest absolute Gasteiger partial charge is 0.347 e. The summed E-state index contributed by atoms with van der Waals surface area (Å²) in [6, 6.07) is 17.5. The number of rotatable bonds is 6. The van der Waals surface area contributed by atoms with E-state index in [0.717, 1.165) is 16.8 Å². The van der Waals surface area contributed by atoms with Crippen LogP contribution in [0.25, 0.3) is 10.3 Å². The van der Waals surface area contributed by atoms with Gasteiger partial charge < -0.3 is 10.2 Å². The van der Waals surface area contributed by atoms with Crippen LogP contribution in [0.1, 0.15) is 11.1 Å². The number of hydrogen-bond donors (Lipinski definition) is 1. The summed E-state index contributed by atoms with van der Waals surface area (Å²) in [6.07, 6.45) is 1.38. The van der Waals surface area contributed by atoms with Gasteiger partial charge in [0.2, 0.25) is 5.91 Å². The van der Waals surface area contributed by atoms with E-state index in [1.807, 2.05) is 73.5 Å². The summed E-state index contributed by atoms with van der Waals surface area (Å²) in [7, 11) is 1.93. The highest BCUT2D eigenvalue weighted by Crippen LogP contribution is 2.25. The highest BCUT2D eigenvalue weighted by molar-refractivity contribution is 7.22. The molecule has 0 spiro atoms. The quantitative estimate of drug-likeness (QED) is 0.518. The second kappa shape index (κ2) is 8.46. The molecule has 4 aromatic rings. The standard InChI is InChI=1S/C22H21N5O2S/c1-15-8-6-7-11-17(15)24-18(28)13-27-14-23-20-19(21(27)29)30-22(25-20)26(2)12-16-9-4-3-5-10-16/h3-11,14H,12-13H2,1-2H3,(H,24,28). The third-order valence-corrected chi connectivity index (χ3v) is 5.84. The summed E-state index contributed by atoms with van der Waals surface area (Å²) in [5.74, 6) is -0.279. The van der Waals surface area contributed by atoms with Gasteiger partial charge in [0, 0.05) is 19.3 Å². The van der Waals surface area contributed by atoms with Crippen LogP contribution in [0.4, 0.5) is 10.8 Å². The van der Waals surface area contributed by atoms with Crippen LogP contribution in [0.15, 0.2) is 65.7 Å². The van der Waals surface area contributed by atoms with Crippen LogP contribution in [0.2, 0.25) is 0 Å². The van der Waals surface area contributed by atoms with Crippen molar-refractivity contribution < 1.29 is 4.79 Å². The number of carbonyl (C=O) groups excluding carboxylic acids is 1. The molecule has 0 radical (unpaired) electrons. The van der Waals surface area contributed by atoms with Crippen molar-refractivity contribution in [3.8, 4) is 0 Å². The van der Waals surface area contributed by atoms with Crippen molar-refractivity contribution in [1.82, 2.24) is 14.5 Å². The maximum Gasteiger partial charge on any atom is 0.273 e. The molecular formula is C22H21N5O2S. The molecule has 30 heavy (non-hydrogen) atoms. The molecule has 0 saturated carbocycles. The zero-order valence-corrected chi connectivity index (χ0v) is 17.5. The molecule has 7 nitrogen and oxygen atoms in total. The van der Waals surface area contributed by atoms with Crippen molar-refractivity contribution in [1.29, 1.82) is 0 Å². The van der Waals surface area contributed by atoms with Crippen molar-refractivity contribution in [2.24, 2.45) is 0 Å². The second-order valence-corrected chi connectivity index (χ2v) is 8.01. The van der Waals surface area contributed by atoms with Gasteiger partial charge in [0.15, 0.2) is 10.8 Å². The number of nitrogens with one attached hydrogen (secondary N) is 1. The third kappa shape index (κ3) is 4.23. The topological polar surface area (TPSA) is 80.1 Å². The molecule has 0 aliphatic rings. The Bertz CT molecular complexity index is 1250. The predicted octanol–water partition coefficient (Wildman–Crippen LogP) is 3.44. The summed E-state index contributed by atoms with van der Waals surface area (Å²) in [5.41, 5.74) is 2.97. The van der Waals surface area contributed by atoms with E-state index >= 15 is 0 Å². The SMILES string of the molecule is Cc1ccccc1NC(=O)Cn1cnc2nc(N(C)Cc3ccccc3)sc2c1=O. The van der Waals surface area contributed by atoms with Gasteiger partial charge in [-0.25, -0.2) is 4.98 Å². The van der Waals surface area contributed by atoms with E-state index in [0.29, 0.717) is 22.0 Å². The molecular weight excluding hydrogens is 398 g/mol. The average molecular weight is 420 g/mol. The fourth-order valence-corrected chi connectivity index (χ4v) is 4.02. The fraction of sp³-hybridized carbons (Fsp3) is 0.182. The van der Waals surface area contributed by atoms with Crippen LogP contribution in [0.5, 0.6) is 0 Å². The highest BCUT2D eigenvalue weighted by atomic mass is 32.1. The van der Waals surface area contributed by atoms with Crippen LogP contribution in [-0.4, -0.2) is 27.5 Å². The molecule has 0 aliphatic heterocycles. The number of thiazole rings is 1. The zero-order valence-electron chi connectivity index (χ0n) is 16.7. The van der Waals surface area contributed by atoms with Crippen molar-refractivity contribution in [3.63, 3.8) is 0 Å². The van der Waals surface area contributed by atoms with Crippen LogP contribution < -0.4 is 15.8 Å². The third-order valence-electron chi connectivity index (χ3n) is 4.69. The minimum atomic E-state index is -0.279. The fourth-order valence-electron chi connectivity index (χ4n) is 3.09. The molecule has 2 heterocycles. The highest BCUT2D eigenvalue weighted by Gasteiger charge is 2.15. The van der Waals surface area contributed by atoms with Gasteiger partial charge in [0.05, 0.1) is 0 Å². The van der Waals surface area contributed by atoms with Crippen molar-refractivity contribution in [2.45, 2.75) is 20.0 Å². The molecule has 2 aromatic heterocycles. The maximum atomic E-state index is 12.9. The summed E-state index contributed by atoms with van der Waals surface area (Å²) >= 11 is 1.29. The number of fused-ring (bicyclic) bond motifs is 1. The Morgan fingerprint density at radius 3 is 2.63 bits per heavy atom. The van der Waals surface area contributed by atoms with Gasteiger partial charge in [-0.15, -0.1) is 0 Å². The lowest BCUT2D eigenvalue weighted by Gasteiger charge is -2.15. The summed E-state index contributed by atoms with van der Waals surface area (Å²) in [6.45, 7) is 2.48. The summed E-state index contributed by atoms with van der Waals surface area (Å²) < 4.78 is 1.76. The first-order valence-electron chi connectivity index (χ1n) is 9.48. The number of nitrogens with zero attached hydrogens (tertiary/aromatic N) is 4. The first-order valence-corrected chi connectivity index (χ1v) is 10.3. The molecule has 0 aliphatic carbocycles. The Labute approximate surface area is 177 Å². The number of para-hydroxylation sites is 1. The predicted molar refractivity (Wildman–Crippen MR) is 120 cm³/mol. The second-order valence-electron chi connectivity index (χ2n) is 7.03. The van der Waals surface area contributed by atoms with Gasteiger partial charge in [0.25, 0.3) is 5.56 Å². The van der Waals surface area contributed by atoms with E-state index in [9.17, 15) is 9.59 Å². The number of aryl methyl sites for hydroxylation is 1. The lowest BCUT2D eigenvalue weighted by molar-refractivity contribution is -0.116. The Morgan fingerprint density at radius 2 is 1.87 bits per heavy atom. The molecule has 0 fully saturated rings. The normalized spacial score (nSPS) is 10.9. The van der Waals surface area contributed by atoms with E-state index in [1.165, 1.54) is 22.2 Å². The molecule has 152 valence electrons. The van der Waals surface area contributed by atoms with Gasteiger partial charge in [-0.3, -0.25) is 14.2 Å². The molecule has 0 atom stereocenters. The van der Waals surface area contributed by atoms with Crippen LogP contribution in [-0.2, 0) is 17.9 Å². The van der Waals surface area contributed by atoms with Gasteiger partial charge in [-0.2, -0.15) is 4.98 Å². The smallest absolute Gasteiger partial charge is 0.273 e. The van der Waals surface area contributed by atoms with E-state index in [2.05, 4.69) is 15.3 Å². The minimum Gasteiger partial charge on any atom is -0.347 e. The Morgan fingerprint density at radius 1 is 1.13 bits per heavy atom. The lowest BCUT2D eigenvalue weighted by atomic mass is 10.2. The molecule has 1 amide bonds. The lowest BCUT2D eigenvalue weighted by Crippen LogP contribution is -2.27. The molecule has 0 saturated heterocycles. The maximum absolute atomic E-state index is 12.9. The number of aromatic nitrogens is 3. The summed E-state index contributed by atoms with van der Waals surface area (Å²) in [4.78, 5) is 36.0. The molecule has 2 aromatic carbocycles. The van der Waals surface area contributed by atoms with E-state index < -0.39 is 0 Å². The Kier molecular flexibility index (Phi) is 5.58. The van der Waals surface area contributed by atoms with Gasteiger partial charge in [-0.05, 0) is 24.1 Å². The Balaban J connectivity index is 1.53. The van der Waals surface area contributed by atoms with Gasteiger partial charge >= 0.3 is 0 Å². The number of hydrogen-bond acceptors (Lipinski definition) is 6. The van der Waals surface area contributed by atoms with Crippen molar-refractivity contribution in [3.05, 3.63) is 82.4 Å². The number of carbonyl (C=O) groups is 1.